The minimum absolute atomic E-state index is 0. The molecule has 52 heavy (non-hydrogen) atoms. The van der Waals surface area contributed by atoms with E-state index in [1.807, 2.05) is 24.4 Å². The third kappa shape index (κ3) is 7.00. The predicted octanol–water partition coefficient (Wildman–Crippen LogP) is 12.3. The van der Waals surface area contributed by atoms with Crippen molar-refractivity contribution in [3.63, 3.8) is 0 Å². The zero-order valence-electron chi connectivity index (χ0n) is 31.5. The summed E-state index contributed by atoms with van der Waals surface area (Å²) in [4.78, 5) is 4.86. The average Bonchev–Trinajstić information content (AvgIpc) is 3.70. The number of fused-ring (bicyclic) bond motifs is 3. The number of aromatic nitrogens is 4. The fourth-order valence-corrected chi connectivity index (χ4v) is 6.95. The van der Waals surface area contributed by atoms with Crippen molar-refractivity contribution in [3.8, 4) is 34.1 Å². The standard InChI is InChI=1S/C46H48N4O.Pt/c1-9-30(4)44-43(33-16-13-12-14-17-33)45(31(5)10-2)50(48-44)35-18-15-19-36(28-35)51-37-21-22-38-39-26-32(11-3)20-23-40(39)49(41(38)29-37)42-27-34(24-25-47-42)46(6,7)8;/h12-27,30-31H,9-11H2,1-8H3;/q-2;+2. The molecule has 0 bridgehead atoms. The summed E-state index contributed by atoms with van der Waals surface area (Å²) in [6.07, 6.45) is 4.89. The molecule has 4 aromatic carbocycles. The third-order valence-corrected chi connectivity index (χ3v) is 10.3. The molecule has 0 radical (unpaired) electrons. The topological polar surface area (TPSA) is 44.9 Å². The van der Waals surface area contributed by atoms with Crippen LogP contribution in [0.15, 0.2) is 97.2 Å². The van der Waals surface area contributed by atoms with Crippen molar-refractivity contribution in [3.05, 3.63) is 132 Å². The molecule has 2 atom stereocenters. The van der Waals surface area contributed by atoms with Crippen LogP contribution in [-0.4, -0.2) is 19.3 Å². The Labute approximate surface area is 323 Å². The molecule has 6 heteroatoms. The maximum absolute atomic E-state index is 6.59. The first kappa shape index (κ1) is 37.3. The van der Waals surface area contributed by atoms with Gasteiger partial charge < -0.3 is 9.30 Å². The molecule has 268 valence electrons. The molecule has 0 aliphatic heterocycles. The molecule has 3 heterocycles. The minimum Gasteiger partial charge on any atom is -0.509 e. The van der Waals surface area contributed by atoms with E-state index >= 15 is 0 Å². The molecular formula is C46H48N4OPt. The van der Waals surface area contributed by atoms with Crippen LogP contribution < -0.4 is 4.74 Å². The number of benzene rings is 4. The van der Waals surface area contributed by atoms with Gasteiger partial charge >= 0.3 is 21.1 Å². The van der Waals surface area contributed by atoms with Crippen LogP contribution in [0.2, 0.25) is 0 Å². The van der Waals surface area contributed by atoms with Crippen LogP contribution in [0.3, 0.4) is 0 Å². The Bertz CT molecular complexity index is 2330. The molecule has 0 fully saturated rings. The van der Waals surface area contributed by atoms with Crippen LogP contribution in [0.25, 0.3) is 44.4 Å². The smallest absolute Gasteiger partial charge is 0.509 e. The molecule has 0 saturated carbocycles. The fourth-order valence-electron chi connectivity index (χ4n) is 6.95. The Kier molecular flexibility index (Phi) is 10.9. The molecule has 3 aromatic heterocycles. The Morgan fingerprint density at radius 1 is 0.769 bits per heavy atom. The van der Waals surface area contributed by atoms with Gasteiger partial charge in [0, 0.05) is 34.7 Å². The van der Waals surface area contributed by atoms with Crippen LogP contribution >= 0.6 is 0 Å². The van der Waals surface area contributed by atoms with E-state index in [1.54, 1.807) is 0 Å². The zero-order chi connectivity index (χ0) is 35.9. The number of pyridine rings is 1. The number of nitrogens with zero attached hydrogens (tertiary/aromatic N) is 4. The second kappa shape index (κ2) is 15.2. The second-order valence-electron chi connectivity index (χ2n) is 14.8. The number of aryl methyl sites for hydroxylation is 1. The third-order valence-electron chi connectivity index (χ3n) is 10.3. The van der Waals surface area contributed by atoms with Gasteiger partial charge in [0.15, 0.2) is 0 Å². The van der Waals surface area contributed by atoms with E-state index in [4.69, 9.17) is 14.8 Å². The molecule has 0 aliphatic carbocycles. The van der Waals surface area contributed by atoms with Gasteiger partial charge in [-0.1, -0.05) is 103 Å². The van der Waals surface area contributed by atoms with E-state index < -0.39 is 0 Å². The van der Waals surface area contributed by atoms with Crippen molar-refractivity contribution in [2.24, 2.45) is 0 Å². The molecular weight excluding hydrogens is 820 g/mol. The summed E-state index contributed by atoms with van der Waals surface area (Å²) in [7, 11) is 0. The van der Waals surface area contributed by atoms with Crippen molar-refractivity contribution in [2.75, 3.05) is 0 Å². The van der Waals surface area contributed by atoms with Crippen molar-refractivity contribution in [1.82, 2.24) is 19.3 Å². The van der Waals surface area contributed by atoms with Crippen LogP contribution in [-0.2, 0) is 32.9 Å². The molecule has 0 saturated heterocycles. The van der Waals surface area contributed by atoms with E-state index in [2.05, 4.69) is 150 Å². The zero-order valence-corrected chi connectivity index (χ0v) is 33.8. The van der Waals surface area contributed by atoms with E-state index in [0.29, 0.717) is 23.3 Å². The maximum Gasteiger partial charge on any atom is 2.00 e. The molecule has 7 aromatic rings. The van der Waals surface area contributed by atoms with E-state index in [-0.39, 0.29) is 26.5 Å². The Morgan fingerprint density at radius 3 is 2.23 bits per heavy atom. The van der Waals surface area contributed by atoms with E-state index in [9.17, 15) is 0 Å². The fraction of sp³-hybridized carbons (Fsp3) is 0.304. The van der Waals surface area contributed by atoms with Gasteiger partial charge in [-0.2, -0.15) is 17.2 Å². The normalized spacial score (nSPS) is 12.9. The molecule has 0 N–H and O–H groups in total. The largest absolute Gasteiger partial charge is 2.00 e. The monoisotopic (exact) mass is 867 g/mol. The molecule has 5 nitrogen and oxygen atoms in total. The van der Waals surface area contributed by atoms with Gasteiger partial charge in [-0.15, -0.1) is 35.7 Å². The summed E-state index contributed by atoms with van der Waals surface area (Å²) in [5.41, 5.74) is 10.2. The Morgan fingerprint density at radius 2 is 1.52 bits per heavy atom. The predicted molar refractivity (Wildman–Crippen MR) is 211 cm³/mol. The van der Waals surface area contributed by atoms with Crippen LogP contribution in [0.1, 0.15) is 103 Å². The van der Waals surface area contributed by atoms with Gasteiger partial charge in [0.1, 0.15) is 5.82 Å². The van der Waals surface area contributed by atoms with Crippen molar-refractivity contribution >= 4 is 21.8 Å². The first-order valence-electron chi connectivity index (χ1n) is 18.5. The summed E-state index contributed by atoms with van der Waals surface area (Å²) in [6.45, 7) is 17.9. The summed E-state index contributed by atoms with van der Waals surface area (Å²) in [5, 5.41) is 7.61. The molecule has 0 amide bonds. The SMILES string of the molecule is CCc1ccc2c(c1)c1ccc(Oc3[c-]c(-n4nc(C(C)CC)c(-c5ccccc5)c4C(C)CC)ccc3)[c-]c1n2-c1cc(C(C)(C)C)ccn1.[Pt+2]. The van der Waals surface area contributed by atoms with Gasteiger partial charge in [0.2, 0.25) is 0 Å². The molecule has 7 rings (SSSR count). The van der Waals surface area contributed by atoms with Crippen LogP contribution in [0, 0.1) is 12.1 Å². The van der Waals surface area contributed by atoms with Gasteiger partial charge in [-0.3, -0.25) is 4.68 Å². The average molecular weight is 868 g/mol. The number of hydrogen-bond donors (Lipinski definition) is 0. The van der Waals surface area contributed by atoms with Gasteiger partial charge in [0.25, 0.3) is 0 Å². The summed E-state index contributed by atoms with van der Waals surface area (Å²) < 4.78 is 10.9. The Hall–Kier alpha value is -4.47. The second-order valence-corrected chi connectivity index (χ2v) is 14.8. The summed E-state index contributed by atoms with van der Waals surface area (Å²) >= 11 is 0. The number of ether oxygens (including phenoxy) is 1. The molecule has 2 unspecified atom stereocenters. The van der Waals surface area contributed by atoms with Gasteiger partial charge in [-0.25, -0.2) is 4.98 Å². The molecule has 0 spiro atoms. The van der Waals surface area contributed by atoms with E-state index in [0.717, 1.165) is 52.9 Å². The van der Waals surface area contributed by atoms with Crippen LogP contribution in [0.4, 0.5) is 0 Å². The van der Waals surface area contributed by atoms with Gasteiger partial charge in [0.05, 0.1) is 11.4 Å². The number of hydrogen-bond acceptors (Lipinski definition) is 3. The Balaban J connectivity index is 0.00000464. The quantitative estimate of drug-likeness (QED) is 0.129. The minimum atomic E-state index is -0.00870. The summed E-state index contributed by atoms with van der Waals surface area (Å²) in [5.74, 6) is 2.71. The van der Waals surface area contributed by atoms with E-state index in [1.165, 1.54) is 33.3 Å². The molecule has 0 aliphatic rings. The van der Waals surface area contributed by atoms with Crippen molar-refractivity contribution in [1.29, 1.82) is 0 Å². The first-order chi connectivity index (χ1) is 24.6. The first-order valence-corrected chi connectivity index (χ1v) is 18.5. The summed E-state index contributed by atoms with van der Waals surface area (Å²) in [6, 6.07) is 39.2. The van der Waals surface area contributed by atoms with Crippen molar-refractivity contribution < 1.29 is 25.8 Å². The number of rotatable bonds is 10. The van der Waals surface area contributed by atoms with Crippen molar-refractivity contribution in [2.45, 2.75) is 91.9 Å². The van der Waals surface area contributed by atoms with Crippen LogP contribution in [0.5, 0.6) is 11.5 Å². The van der Waals surface area contributed by atoms with Gasteiger partial charge in [-0.05, 0) is 76.6 Å². The maximum atomic E-state index is 6.59.